The lowest BCUT2D eigenvalue weighted by Gasteiger charge is -2.37. The Balaban J connectivity index is 1.97. The third-order valence-corrected chi connectivity index (χ3v) is 3.09. The van der Waals surface area contributed by atoms with Gasteiger partial charge >= 0.3 is 0 Å². The van der Waals surface area contributed by atoms with Crippen molar-refractivity contribution in [1.29, 1.82) is 0 Å². The number of halogens is 1. The lowest BCUT2D eigenvalue weighted by Crippen LogP contribution is -2.48. The minimum Gasteiger partial charge on any atom is -0.375 e. The summed E-state index contributed by atoms with van der Waals surface area (Å²) < 4.78 is 5.70. The van der Waals surface area contributed by atoms with Gasteiger partial charge in [-0.05, 0) is 19.3 Å². The molecule has 1 saturated carbocycles. The summed E-state index contributed by atoms with van der Waals surface area (Å²) in [7, 11) is 0. The van der Waals surface area contributed by atoms with E-state index in [2.05, 4.69) is 11.5 Å². The van der Waals surface area contributed by atoms with Crippen molar-refractivity contribution >= 4 is 11.6 Å². The first-order chi connectivity index (χ1) is 6.27. The van der Waals surface area contributed by atoms with Crippen molar-refractivity contribution in [2.45, 2.75) is 31.4 Å². The summed E-state index contributed by atoms with van der Waals surface area (Å²) in [6, 6.07) is 0.601. The fourth-order valence-corrected chi connectivity index (χ4v) is 2.58. The minimum absolute atomic E-state index is 0.463. The van der Waals surface area contributed by atoms with Gasteiger partial charge in [0.05, 0.1) is 12.7 Å². The van der Waals surface area contributed by atoms with Gasteiger partial charge in [-0.25, -0.2) is 0 Å². The van der Waals surface area contributed by atoms with E-state index in [-0.39, 0.29) is 0 Å². The first-order valence-corrected chi connectivity index (χ1v) is 5.34. The van der Waals surface area contributed by atoms with E-state index in [1.54, 1.807) is 0 Å². The molecule has 2 unspecified atom stereocenters. The molecule has 1 saturated heterocycles. The normalized spacial score (nSPS) is 34.5. The maximum atomic E-state index is 5.82. The Bertz CT molecular complexity index is 207. The number of hydrogen-bond donors (Lipinski definition) is 0. The molecule has 2 fully saturated rings. The molecule has 0 aromatic carbocycles. The van der Waals surface area contributed by atoms with Crippen molar-refractivity contribution in [3.8, 4) is 0 Å². The fraction of sp³-hybridized carbons (Fsp3) is 0.800. The second kappa shape index (κ2) is 3.99. The molecule has 1 heterocycles. The molecule has 13 heavy (non-hydrogen) atoms. The standard InChI is InChI=1S/C10H16ClNO/c1-8(11)7-12-5-6-13-10-4-2-3-9(10)12/h9-10H,1-7H2. The second-order valence-corrected chi connectivity index (χ2v) is 4.43. The fourth-order valence-electron chi connectivity index (χ4n) is 2.42. The van der Waals surface area contributed by atoms with Crippen LogP contribution in [0.25, 0.3) is 0 Å². The molecule has 2 atom stereocenters. The summed E-state index contributed by atoms with van der Waals surface area (Å²) in [5, 5.41) is 0.743. The molecule has 0 aromatic heterocycles. The van der Waals surface area contributed by atoms with Crippen molar-refractivity contribution in [3.63, 3.8) is 0 Å². The number of nitrogens with zero attached hydrogens (tertiary/aromatic N) is 1. The van der Waals surface area contributed by atoms with Gasteiger partial charge in [0.25, 0.3) is 0 Å². The SMILES string of the molecule is C=C(Cl)CN1CCOC2CCCC21. The summed E-state index contributed by atoms with van der Waals surface area (Å²) in [5.74, 6) is 0. The molecule has 0 aromatic rings. The van der Waals surface area contributed by atoms with Crippen LogP contribution >= 0.6 is 11.6 Å². The average Bonchev–Trinajstić information content (AvgIpc) is 2.51. The van der Waals surface area contributed by atoms with Gasteiger partial charge in [-0.3, -0.25) is 4.90 Å². The maximum absolute atomic E-state index is 5.82. The second-order valence-electron chi connectivity index (χ2n) is 3.90. The Hall–Kier alpha value is -0.0500. The highest BCUT2D eigenvalue weighted by molar-refractivity contribution is 6.29. The van der Waals surface area contributed by atoms with E-state index in [0.29, 0.717) is 12.1 Å². The number of fused-ring (bicyclic) bond motifs is 1. The van der Waals surface area contributed by atoms with Crippen LogP contribution in [0.5, 0.6) is 0 Å². The van der Waals surface area contributed by atoms with Crippen LogP contribution in [0.3, 0.4) is 0 Å². The largest absolute Gasteiger partial charge is 0.375 e. The van der Waals surface area contributed by atoms with Crippen molar-refractivity contribution in [3.05, 3.63) is 11.6 Å². The number of hydrogen-bond acceptors (Lipinski definition) is 2. The molecule has 2 nitrogen and oxygen atoms in total. The van der Waals surface area contributed by atoms with Crippen molar-refractivity contribution in [1.82, 2.24) is 4.90 Å². The van der Waals surface area contributed by atoms with E-state index >= 15 is 0 Å². The third kappa shape index (κ3) is 2.06. The Morgan fingerprint density at radius 1 is 1.54 bits per heavy atom. The Morgan fingerprint density at radius 3 is 3.15 bits per heavy atom. The lowest BCUT2D eigenvalue weighted by atomic mass is 10.1. The highest BCUT2D eigenvalue weighted by Gasteiger charge is 2.35. The third-order valence-electron chi connectivity index (χ3n) is 2.97. The van der Waals surface area contributed by atoms with Crippen LogP contribution in [0.1, 0.15) is 19.3 Å². The highest BCUT2D eigenvalue weighted by atomic mass is 35.5. The van der Waals surface area contributed by atoms with Crippen LogP contribution < -0.4 is 0 Å². The quantitative estimate of drug-likeness (QED) is 0.678. The van der Waals surface area contributed by atoms with E-state index < -0.39 is 0 Å². The molecule has 0 amide bonds. The zero-order valence-corrected chi connectivity index (χ0v) is 8.59. The summed E-state index contributed by atoms with van der Waals surface area (Å²) in [4.78, 5) is 2.41. The number of morpholine rings is 1. The first kappa shape index (κ1) is 9.50. The van der Waals surface area contributed by atoms with Crippen LogP contribution in [0.2, 0.25) is 0 Å². The lowest BCUT2D eigenvalue weighted by molar-refractivity contribution is -0.0514. The molecule has 0 radical (unpaired) electrons. The molecule has 2 rings (SSSR count). The van der Waals surface area contributed by atoms with Crippen LogP contribution in [0.15, 0.2) is 11.6 Å². The van der Waals surface area contributed by atoms with Gasteiger partial charge in [0, 0.05) is 24.2 Å². The van der Waals surface area contributed by atoms with Crippen LogP contribution in [-0.4, -0.2) is 36.7 Å². The monoisotopic (exact) mass is 201 g/mol. The van der Waals surface area contributed by atoms with E-state index in [1.807, 2.05) is 0 Å². The molecule has 74 valence electrons. The smallest absolute Gasteiger partial charge is 0.0731 e. The maximum Gasteiger partial charge on any atom is 0.0731 e. The predicted molar refractivity (Wildman–Crippen MR) is 53.9 cm³/mol. The Kier molecular flexibility index (Phi) is 2.92. The van der Waals surface area contributed by atoms with E-state index in [1.165, 1.54) is 19.3 Å². The van der Waals surface area contributed by atoms with Gasteiger partial charge in [-0.1, -0.05) is 18.2 Å². The van der Waals surface area contributed by atoms with Gasteiger partial charge in [0.15, 0.2) is 0 Å². The van der Waals surface area contributed by atoms with Crippen LogP contribution in [0, 0.1) is 0 Å². The summed E-state index contributed by atoms with van der Waals surface area (Å²) in [6.45, 7) is 6.43. The van der Waals surface area contributed by atoms with Crippen molar-refractivity contribution in [2.24, 2.45) is 0 Å². The molecule has 2 aliphatic rings. The van der Waals surface area contributed by atoms with Gasteiger partial charge in [-0.15, -0.1) is 0 Å². The highest BCUT2D eigenvalue weighted by Crippen LogP contribution is 2.30. The van der Waals surface area contributed by atoms with Gasteiger partial charge < -0.3 is 4.74 Å². The van der Waals surface area contributed by atoms with Gasteiger partial charge in [0.1, 0.15) is 0 Å². The Morgan fingerprint density at radius 2 is 2.38 bits per heavy atom. The van der Waals surface area contributed by atoms with E-state index in [0.717, 1.165) is 24.7 Å². The molecule has 1 aliphatic carbocycles. The molecular formula is C10H16ClNO. The van der Waals surface area contributed by atoms with Crippen molar-refractivity contribution in [2.75, 3.05) is 19.7 Å². The molecule has 0 bridgehead atoms. The topological polar surface area (TPSA) is 12.5 Å². The molecule has 3 heteroatoms. The zero-order valence-electron chi connectivity index (χ0n) is 7.84. The summed E-state index contributed by atoms with van der Waals surface area (Å²) >= 11 is 5.82. The average molecular weight is 202 g/mol. The molecule has 0 N–H and O–H groups in total. The molecular weight excluding hydrogens is 186 g/mol. The van der Waals surface area contributed by atoms with Crippen molar-refractivity contribution < 1.29 is 4.74 Å². The first-order valence-electron chi connectivity index (χ1n) is 4.96. The summed E-state index contributed by atoms with van der Waals surface area (Å²) in [5.41, 5.74) is 0. The zero-order chi connectivity index (χ0) is 9.26. The number of rotatable bonds is 2. The van der Waals surface area contributed by atoms with Gasteiger partial charge in [-0.2, -0.15) is 0 Å². The van der Waals surface area contributed by atoms with Crippen LogP contribution in [-0.2, 0) is 4.74 Å². The minimum atomic E-state index is 0.463. The Labute approximate surface area is 84.5 Å². The van der Waals surface area contributed by atoms with E-state index in [9.17, 15) is 0 Å². The van der Waals surface area contributed by atoms with Crippen LogP contribution in [0.4, 0.5) is 0 Å². The molecule has 0 spiro atoms. The van der Waals surface area contributed by atoms with Gasteiger partial charge in [0.2, 0.25) is 0 Å². The van der Waals surface area contributed by atoms with E-state index in [4.69, 9.17) is 16.3 Å². The molecule has 1 aliphatic heterocycles. The number of ether oxygens (including phenoxy) is 1. The predicted octanol–water partition coefficient (Wildman–Crippen LogP) is 1.99. The summed E-state index contributed by atoms with van der Waals surface area (Å²) in [6.07, 6.45) is 4.23.